The Morgan fingerprint density at radius 3 is 2.87 bits per heavy atom. The lowest BCUT2D eigenvalue weighted by Crippen LogP contribution is -2.33. The Morgan fingerprint density at radius 2 is 2.17 bits per heavy atom. The van der Waals surface area contributed by atoms with Crippen molar-refractivity contribution in [3.63, 3.8) is 0 Å². The van der Waals surface area contributed by atoms with Crippen LogP contribution in [0.15, 0.2) is 27.2 Å². The fourth-order valence-electron chi connectivity index (χ4n) is 2.12. The molecule has 0 radical (unpaired) electrons. The number of hydrogen-bond acceptors (Lipinski definition) is 6. The summed E-state index contributed by atoms with van der Waals surface area (Å²) in [6.45, 7) is 6.48. The zero-order valence-corrected chi connectivity index (χ0v) is 15.4. The molecule has 1 unspecified atom stereocenters. The van der Waals surface area contributed by atoms with Crippen LogP contribution >= 0.6 is 23.1 Å². The molecule has 126 valence electrons. The number of thiophene rings is 1. The highest BCUT2D eigenvalue weighted by atomic mass is 32.2. The standard InChI is InChI=1S/C16H23N3O2S2/c1-11(2)6-4-7-12(3)17-14(20)10-23-16-19-18-15(21-16)13-8-5-9-22-13/h5,8-9,11-12H,4,6-7,10H2,1-3H3,(H,17,20). The Hall–Kier alpha value is -1.34. The van der Waals surface area contributed by atoms with Crippen molar-refractivity contribution in [1.82, 2.24) is 15.5 Å². The summed E-state index contributed by atoms with van der Waals surface area (Å²) in [7, 11) is 0. The molecule has 1 N–H and O–H groups in total. The molecule has 2 rings (SSSR count). The maximum Gasteiger partial charge on any atom is 0.277 e. The van der Waals surface area contributed by atoms with Crippen LogP contribution in [-0.2, 0) is 4.79 Å². The predicted octanol–water partition coefficient (Wildman–Crippen LogP) is 4.22. The van der Waals surface area contributed by atoms with Crippen LogP contribution in [-0.4, -0.2) is 27.9 Å². The molecule has 1 atom stereocenters. The van der Waals surface area contributed by atoms with Gasteiger partial charge in [0.1, 0.15) is 0 Å². The van der Waals surface area contributed by atoms with Gasteiger partial charge in [-0.3, -0.25) is 4.79 Å². The van der Waals surface area contributed by atoms with Gasteiger partial charge in [-0.15, -0.1) is 21.5 Å². The lowest BCUT2D eigenvalue weighted by molar-refractivity contribution is -0.119. The van der Waals surface area contributed by atoms with Gasteiger partial charge in [0.2, 0.25) is 5.91 Å². The maximum absolute atomic E-state index is 11.9. The van der Waals surface area contributed by atoms with Crippen molar-refractivity contribution >= 4 is 29.0 Å². The minimum Gasteiger partial charge on any atom is -0.410 e. The van der Waals surface area contributed by atoms with E-state index in [0.717, 1.165) is 17.7 Å². The average Bonchev–Trinajstić information content (AvgIpc) is 3.15. The van der Waals surface area contributed by atoms with E-state index in [9.17, 15) is 4.79 Å². The second-order valence-electron chi connectivity index (χ2n) is 5.93. The summed E-state index contributed by atoms with van der Waals surface area (Å²) in [4.78, 5) is 12.9. The SMILES string of the molecule is CC(C)CCCC(C)NC(=O)CSc1nnc(-c2cccs2)o1. The number of thioether (sulfide) groups is 1. The lowest BCUT2D eigenvalue weighted by Gasteiger charge is -2.14. The molecule has 1 amide bonds. The Bertz CT molecular complexity index is 596. The highest BCUT2D eigenvalue weighted by Gasteiger charge is 2.13. The third-order valence-corrected chi connectivity index (χ3v) is 4.97. The van der Waals surface area contributed by atoms with Gasteiger partial charge in [-0.05, 0) is 30.7 Å². The number of rotatable bonds is 9. The zero-order valence-electron chi connectivity index (χ0n) is 13.7. The summed E-state index contributed by atoms with van der Waals surface area (Å²) < 4.78 is 5.55. The van der Waals surface area contributed by atoms with Crippen molar-refractivity contribution in [2.75, 3.05) is 5.75 Å². The first kappa shape index (κ1) is 18.0. The molecule has 0 saturated heterocycles. The van der Waals surface area contributed by atoms with Gasteiger partial charge in [-0.25, -0.2) is 0 Å². The Morgan fingerprint density at radius 1 is 1.35 bits per heavy atom. The predicted molar refractivity (Wildman–Crippen MR) is 94.6 cm³/mol. The van der Waals surface area contributed by atoms with Crippen molar-refractivity contribution < 1.29 is 9.21 Å². The maximum atomic E-state index is 11.9. The van der Waals surface area contributed by atoms with E-state index >= 15 is 0 Å². The molecular formula is C16H23N3O2S2. The van der Waals surface area contributed by atoms with Gasteiger partial charge in [0, 0.05) is 6.04 Å². The first-order chi connectivity index (χ1) is 11.0. The normalized spacial score (nSPS) is 12.5. The van der Waals surface area contributed by atoms with Crippen molar-refractivity contribution in [1.29, 1.82) is 0 Å². The molecular weight excluding hydrogens is 330 g/mol. The Kier molecular flexibility index (Phi) is 7.11. The van der Waals surface area contributed by atoms with Crippen LogP contribution in [0, 0.1) is 5.92 Å². The minimum absolute atomic E-state index is 0.00270. The van der Waals surface area contributed by atoms with Gasteiger partial charge < -0.3 is 9.73 Å². The van der Waals surface area contributed by atoms with E-state index in [1.54, 1.807) is 11.3 Å². The van der Waals surface area contributed by atoms with E-state index in [2.05, 4.69) is 29.4 Å². The number of carbonyl (C=O) groups excluding carboxylic acids is 1. The summed E-state index contributed by atoms with van der Waals surface area (Å²) >= 11 is 2.82. The number of nitrogens with zero attached hydrogens (tertiary/aromatic N) is 2. The summed E-state index contributed by atoms with van der Waals surface area (Å²) in [6, 6.07) is 4.06. The van der Waals surface area contributed by atoms with Gasteiger partial charge in [0.15, 0.2) is 0 Å². The third-order valence-electron chi connectivity index (χ3n) is 3.29. The molecule has 2 heterocycles. The molecule has 7 heteroatoms. The lowest BCUT2D eigenvalue weighted by atomic mass is 10.0. The van der Waals surface area contributed by atoms with Crippen LogP contribution in [0.25, 0.3) is 10.8 Å². The number of aromatic nitrogens is 2. The van der Waals surface area contributed by atoms with Crippen molar-refractivity contribution in [2.45, 2.75) is 51.3 Å². The summed E-state index contributed by atoms with van der Waals surface area (Å²) in [5, 5.41) is 13.4. The molecule has 5 nitrogen and oxygen atoms in total. The van der Waals surface area contributed by atoms with E-state index < -0.39 is 0 Å². The first-order valence-electron chi connectivity index (χ1n) is 7.84. The fourth-order valence-corrected chi connectivity index (χ4v) is 3.33. The number of hydrogen-bond donors (Lipinski definition) is 1. The quantitative estimate of drug-likeness (QED) is 0.684. The average molecular weight is 354 g/mol. The molecule has 0 fully saturated rings. The Labute approximate surface area is 145 Å². The van der Waals surface area contributed by atoms with Crippen LogP contribution in [0.3, 0.4) is 0 Å². The number of nitrogens with one attached hydrogen (secondary N) is 1. The largest absolute Gasteiger partial charge is 0.410 e. The topological polar surface area (TPSA) is 68.0 Å². The molecule has 0 saturated carbocycles. The van der Waals surface area contributed by atoms with Crippen LogP contribution in [0.2, 0.25) is 0 Å². The number of carbonyl (C=O) groups is 1. The second-order valence-corrected chi connectivity index (χ2v) is 7.81. The monoisotopic (exact) mass is 353 g/mol. The number of amides is 1. The molecule has 2 aromatic heterocycles. The molecule has 0 spiro atoms. The van der Waals surface area contributed by atoms with Gasteiger partial charge >= 0.3 is 0 Å². The van der Waals surface area contributed by atoms with Gasteiger partial charge in [-0.2, -0.15) is 0 Å². The van der Waals surface area contributed by atoms with Crippen LogP contribution < -0.4 is 5.32 Å². The van der Waals surface area contributed by atoms with Crippen molar-refractivity contribution in [3.8, 4) is 10.8 Å². The van der Waals surface area contributed by atoms with E-state index in [4.69, 9.17) is 4.42 Å². The van der Waals surface area contributed by atoms with E-state index in [0.29, 0.717) is 22.8 Å². The first-order valence-corrected chi connectivity index (χ1v) is 9.70. The van der Waals surface area contributed by atoms with Crippen LogP contribution in [0.4, 0.5) is 0 Å². The third kappa shape index (κ3) is 6.35. The molecule has 0 bridgehead atoms. The van der Waals surface area contributed by atoms with Gasteiger partial charge in [0.25, 0.3) is 11.1 Å². The molecule has 0 aromatic carbocycles. The van der Waals surface area contributed by atoms with E-state index in [1.807, 2.05) is 24.4 Å². The Balaban J connectivity index is 1.70. The van der Waals surface area contributed by atoms with Crippen LogP contribution in [0.1, 0.15) is 40.0 Å². The van der Waals surface area contributed by atoms with Gasteiger partial charge in [0.05, 0.1) is 10.6 Å². The van der Waals surface area contributed by atoms with E-state index in [-0.39, 0.29) is 11.9 Å². The molecule has 23 heavy (non-hydrogen) atoms. The molecule has 2 aromatic rings. The summed E-state index contributed by atoms with van der Waals surface area (Å²) in [6.07, 6.45) is 3.35. The molecule has 0 aliphatic rings. The molecule has 0 aliphatic carbocycles. The van der Waals surface area contributed by atoms with Crippen molar-refractivity contribution in [3.05, 3.63) is 17.5 Å². The molecule has 0 aliphatic heterocycles. The summed E-state index contributed by atoms with van der Waals surface area (Å²) in [5.41, 5.74) is 0. The smallest absolute Gasteiger partial charge is 0.277 e. The highest BCUT2D eigenvalue weighted by Crippen LogP contribution is 2.26. The van der Waals surface area contributed by atoms with Crippen LogP contribution in [0.5, 0.6) is 0 Å². The van der Waals surface area contributed by atoms with E-state index in [1.165, 1.54) is 18.2 Å². The second kappa shape index (κ2) is 9.08. The van der Waals surface area contributed by atoms with Gasteiger partial charge in [-0.1, -0.05) is 44.5 Å². The fraction of sp³-hybridized carbons (Fsp3) is 0.562. The summed E-state index contributed by atoms with van der Waals surface area (Å²) in [5.74, 6) is 1.51. The minimum atomic E-state index is 0.00270. The zero-order chi connectivity index (χ0) is 16.7. The van der Waals surface area contributed by atoms with Crippen molar-refractivity contribution in [2.24, 2.45) is 5.92 Å². The highest BCUT2D eigenvalue weighted by molar-refractivity contribution is 7.99.